The van der Waals surface area contributed by atoms with Crippen molar-refractivity contribution in [1.82, 2.24) is 0 Å². The van der Waals surface area contributed by atoms with Gasteiger partial charge in [0.2, 0.25) is 0 Å². The smallest absolute Gasteiger partial charge is 0.875 e. The number of rotatable bonds is 22. The molecule has 3 N–H and O–H groups in total. The normalized spacial score (nSPS) is 30.1. The predicted molar refractivity (Wildman–Crippen MR) is 198 cm³/mol. The van der Waals surface area contributed by atoms with Crippen LogP contribution in [0.5, 0.6) is 0 Å². The van der Waals surface area contributed by atoms with Crippen LogP contribution in [0, 0.1) is 41.4 Å². The van der Waals surface area contributed by atoms with Crippen LogP contribution in [0.15, 0.2) is 24.0 Å². The standard InChI is InChI=1S/C41H72O9.Ca/c1-25(21-29(5)34(43)24-35(44)30(6)22-27(3)20-26(2)14-15-38(46)47)12-11-13-28(4)39(48)31(7)36(45)23-33-16-18-41(10,49-33)37-17-19-40(9,50-37)32(8)42;/h11,13,24-33,36-37,39,42-43,45,48H,12,14-23H2,1-10H3,(H,46,47);/q;+2/p-2/b13-11+,34-24-;/t25-,26+,27-,28+,29+,30-,31-,32?,33-,36-,37+,39+,40-,41-;/m0./s1. The Morgan fingerprint density at radius 3 is 2.06 bits per heavy atom. The van der Waals surface area contributed by atoms with E-state index in [0.29, 0.717) is 25.7 Å². The first-order valence-electron chi connectivity index (χ1n) is 19.4. The minimum absolute atomic E-state index is 0. The van der Waals surface area contributed by atoms with Gasteiger partial charge in [0.05, 0.1) is 41.7 Å². The Bertz CT molecular complexity index is 1130. The molecule has 0 bridgehead atoms. The molecule has 2 heterocycles. The molecule has 14 atom stereocenters. The molecule has 1 unspecified atom stereocenters. The molecule has 0 radical (unpaired) electrons. The van der Waals surface area contributed by atoms with E-state index < -0.39 is 35.5 Å². The third kappa shape index (κ3) is 15.6. The fourth-order valence-electron chi connectivity index (χ4n) is 8.00. The summed E-state index contributed by atoms with van der Waals surface area (Å²) in [6.45, 7) is 19.4. The molecule has 2 saturated heterocycles. The number of allylic oxidation sites excluding steroid dienone is 3. The molecule has 0 aliphatic carbocycles. The van der Waals surface area contributed by atoms with Crippen molar-refractivity contribution in [2.24, 2.45) is 41.4 Å². The Labute approximate surface area is 339 Å². The summed E-state index contributed by atoms with van der Waals surface area (Å²) >= 11 is 0. The second kappa shape index (κ2) is 22.1. The third-order valence-corrected chi connectivity index (χ3v) is 11.9. The first-order chi connectivity index (χ1) is 23.2. The Morgan fingerprint density at radius 2 is 1.47 bits per heavy atom. The molecule has 2 aliphatic heterocycles. The minimum Gasteiger partial charge on any atom is -0.875 e. The van der Waals surface area contributed by atoms with Gasteiger partial charge in [-0.3, -0.25) is 4.79 Å². The SMILES string of the molecule is CC(O)[C@]1(C)CC[C@H]([C@]2(C)CC[C@@H](C[C@H](O)[C@H](C)[C@H](O)[C@H](C)/C=C/C[C@H](C)C[C@@H](C)/C([O-])=C/C(=O)[C@@H](C)C[C@@H](C)C[C@H](C)CCC(=O)[O-])O2)O1.[Ca+2]. The van der Waals surface area contributed by atoms with Crippen LogP contribution in [0.3, 0.4) is 0 Å². The summed E-state index contributed by atoms with van der Waals surface area (Å²) in [5.74, 6) is -1.73. The number of aliphatic carboxylic acids is 1. The summed E-state index contributed by atoms with van der Waals surface area (Å²) in [5.41, 5.74) is -1.02. The molecule has 2 fully saturated rings. The van der Waals surface area contributed by atoms with Crippen molar-refractivity contribution in [2.75, 3.05) is 0 Å². The van der Waals surface area contributed by atoms with Gasteiger partial charge in [-0.1, -0.05) is 60.6 Å². The molecule has 0 aromatic carbocycles. The Kier molecular flexibility index (Phi) is 21.1. The van der Waals surface area contributed by atoms with E-state index >= 15 is 0 Å². The second-order valence-electron chi connectivity index (χ2n) is 17.1. The zero-order valence-electron chi connectivity index (χ0n) is 33.4. The van der Waals surface area contributed by atoms with Crippen molar-refractivity contribution in [1.29, 1.82) is 0 Å². The molecule has 290 valence electrons. The van der Waals surface area contributed by atoms with Gasteiger partial charge in [0.1, 0.15) is 0 Å². The van der Waals surface area contributed by atoms with Gasteiger partial charge in [0.15, 0.2) is 5.78 Å². The molecule has 0 aromatic rings. The monoisotopic (exact) mass is 746 g/mol. The number of carboxylic acids is 1. The minimum atomic E-state index is -1.04. The molecule has 2 aliphatic rings. The van der Waals surface area contributed by atoms with E-state index in [1.165, 1.54) is 6.08 Å². The third-order valence-electron chi connectivity index (χ3n) is 11.9. The number of aliphatic hydroxyl groups is 3. The van der Waals surface area contributed by atoms with Crippen LogP contribution in [0.25, 0.3) is 0 Å². The Balaban J connectivity index is 0.0000130. The van der Waals surface area contributed by atoms with E-state index in [0.717, 1.165) is 38.5 Å². The number of carbonyl (C=O) groups excluding carboxylic acids is 2. The van der Waals surface area contributed by atoms with Gasteiger partial charge in [-0.05, 0) is 121 Å². The topological polar surface area (TPSA) is 159 Å². The van der Waals surface area contributed by atoms with Gasteiger partial charge in [0, 0.05) is 23.7 Å². The second-order valence-corrected chi connectivity index (χ2v) is 17.1. The van der Waals surface area contributed by atoms with Crippen molar-refractivity contribution in [3.05, 3.63) is 24.0 Å². The van der Waals surface area contributed by atoms with Crippen LogP contribution in [-0.2, 0) is 19.1 Å². The van der Waals surface area contributed by atoms with E-state index in [4.69, 9.17) is 9.47 Å². The van der Waals surface area contributed by atoms with Gasteiger partial charge in [0.25, 0.3) is 0 Å². The van der Waals surface area contributed by atoms with Crippen molar-refractivity contribution < 1.29 is 44.6 Å². The molecule has 0 saturated carbocycles. The zero-order valence-corrected chi connectivity index (χ0v) is 35.6. The van der Waals surface area contributed by atoms with Crippen molar-refractivity contribution >= 4 is 49.5 Å². The average Bonchev–Trinajstić information content (AvgIpc) is 3.63. The van der Waals surface area contributed by atoms with E-state index in [2.05, 4.69) is 20.8 Å². The van der Waals surface area contributed by atoms with Gasteiger partial charge < -0.3 is 39.8 Å². The average molecular weight is 747 g/mol. The summed E-state index contributed by atoms with van der Waals surface area (Å²) in [6, 6.07) is 0. The number of ketones is 1. The molecule has 0 spiro atoms. The molecule has 0 aromatic heterocycles. The maximum Gasteiger partial charge on any atom is 2.00 e. The van der Waals surface area contributed by atoms with Crippen molar-refractivity contribution in [3.8, 4) is 0 Å². The zero-order chi connectivity index (χ0) is 38.0. The molecule has 51 heavy (non-hydrogen) atoms. The molecule has 0 amide bonds. The number of carbonyl (C=O) groups is 2. The largest absolute Gasteiger partial charge is 2.00 e. The van der Waals surface area contributed by atoms with Crippen molar-refractivity contribution in [3.63, 3.8) is 0 Å². The summed E-state index contributed by atoms with van der Waals surface area (Å²) in [4.78, 5) is 23.5. The maximum absolute atomic E-state index is 12.9. The van der Waals surface area contributed by atoms with E-state index in [1.54, 1.807) is 6.92 Å². The Morgan fingerprint density at radius 1 is 0.843 bits per heavy atom. The first-order valence-corrected chi connectivity index (χ1v) is 19.4. The fraction of sp³-hybridized carbons (Fsp3) is 0.854. The van der Waals surface area contributed by atoms with Crippen LogP contribution in [0.2, 0.25) is 0 Å². The van der Waals surface area contributed by atoms with E-state index in [1.807, 2.05) is 53.7 Å². The van der Waals surface area contributed by atoms with Crippen LogP contribution in [-0.4, -0.2) is 107 Å². The van der Waals surface area contributed by atoms with Crippen LogP contribution >= 0.6 is 0 Å². The summed E-state index contributed by atoms with van der Waals surface area (Å²) in [6.07, 6.45) is 10.2. The number of hydrogen-bond donors (Lipinski definition) is 3. The Hall–Kier alpha value is -0.520. The number of carboxylic acid groups (broad SMARTS) is 1. The number of ether oxygens (including phenoxy) is 2. The van der Waals surface area contributed by atoms with Gasteiger partial charge in [-0.15, -0.1) is 5.76 Å². The summed E-state index contributed by atoms with van der Waals surface area (Å²) < 4.78 is 12.7. The maximum atomic E-state index is 12.9. The molecule has 10 heteroatoms. The van der Waals surface area contributed by atoms with Crippen LogP contribution in [0.4, 0.5) is 0 Å². The number of aliphatic hydroxyl groups excluding tert-OH is 3. The predicted octanol–water partition coefficient (Wildman–Crippen LogP) is 4.89. The summed E-state index contributed by atoms with van der Waals surface area (Å²) in [7, 11) is 0. The van der Waals surface area contributed by atoms with Crippen LogP contribution < -0.4 is 10.2 Å². The van der Waals surface area contributed by atoms with E-state index in [9.17, 15) is 35.1 Å². The first kappa shape index (κ1) is 48.5. The number of hydrogen-bond acceptors (Lipinski definition) is 9. The van der Waals surface area contributed by atoms with Gasteiger partial charge >= 0.3 is 37.7 Å². The molecule has 2 rings (SSSR count). The van der Waals surface area contributed by atoms with Gasteiger partial charge in [-0.2, -0.15) is 0 Å². The van der Waals surface area contributed by atoms with Gasteiger partial charge in [-0.25, -0.2) is 0 Å². The van der Waals surface area contributed by atoms with E-state index in [-0.39, 0.29) is 109 Å². The van der Waals surface area contributed by atoms with Crippen LogP contribution in [0.1, 0.15) is 140 Å². The summed E-state index contributed by atoms with van der Waals surface area (Å²) in [5, 5.41) is 55.9. The molecular weight excluding hydrogens is 677 g/mol. The quantitative estimate of drug-likeness (QED) is 0.0607. The molecular formula is C41H70CaO9. The van der Waals surface area contributed by atoms with Crippen molar-refractivity contribution in [2.45, 2.75) is 182 Å². The molecule has 9 nitrogen and oxygen atoms in total. The fourth-order valence-corrected chi connectivity index (χ4v) is 8.00.